The van der Waals surface area contributed by atoms with Crippen LogP contribution in [0, 0.1) is 0 Å². The average Bonchev–Trinajstić information content (AvgIpc) is 2.93. The molecule has 1 N–H and O–H groups in total. The van der Waals surface area contributed by atoms with E-state index in [0.29, 0.717) is 39.2 Å². The number of sulfonamides is 1. The third kappa shape index (κ3) is 7.28. The van der Waals surface area contributed by atoms with Gasteiger partial charge in [0.15, 0.2) is 5.96 Å². The summed E-state index contributed by atoms with van der Waals surface area (Å²) in [5.74, 6) is 1.86. The molecule has 148 valence electrons. The van der Waals surface area contributed by atoms with Gasteiger partial charge in [0.05, 0.1) is 18.8 Å². The summed E-state index contributed by atoms with van der Waals surface area (Å²) < 4.78 is 30.8. The number of guanidine groups is 1. The minimum absolute atomic E-state index is 0. The molecule has 1 heterocycles. The number of nitrogens with zero attached hydrogens (tertiary/aromatic N) is 3. The van der Waals surface area contributed by atoms with E-state index in [1.807, 2.05) is 49.2 Å². The van der Waals surface area contributed by atoms with Gasteiger partial charge in [-0.3, -0.25) is 4.99 Å². The zero-order valence-corrected chi connectivity index (χ0v) is 18.6. The second-order valence-electron chi connectivity index (χ2n) is 5.89. The normalized spacial score (nSPS) is 16.8. The largest absolute Gasteiger partial charge is 0.492 e. The van der Waals surface area contributed by atoms with Gasteiger partial charge >= 0.3 is 0 Å². The van der Waals surface area contributed by atoms with Crippen molar-refractivity contribution in [3.63, 3.8) is 0 Å². The molecule has 2 rings (SSSR count). The second-order valence-corrected chi connectivity index (χ2v) is 7.98. The van der Waals surface area contributed by atoms with E-state index in [-0.39, 0.29) is 29.7 Å². The highest BCUT2D eigenvalue weighted by atomic mass is 127. The Labute approximate surface area is 173 Å². The molecule has 0 unspecified atom stereocenters. The van der Waals surface area contributed by atoms with E-state index in [2.05, 4.69) is 10.3 Å². The third-order valence-electron chi connectivity index (χ3n) is 3.95. The van der Waals surface area contributed by atoms with Gasteiger partial charge in [0.25, 0.3) is 0 Å². The Kier molecular flexibility index (Phi) is 10.3. The number of rotatable bonds is 8. The summed E-state index contributed by atoms with van der Waals surface area (Å²) in [6.45, 7) is 5.49. The van der Waals surface area contributed by atoms with Crippen molar-refractivity contribution in [1.82, 2.24) is 14.5 Å². The van der Waals surface area contributed by atoms with Gasteiger partial charge in [-0.05, 0) is 25.5 Å². The molecule has 26 heavy (non-hydrogen) atoms. The first-order valence-electron chi connectivity index (χ1n) is 8.68. The molecular weight excluding hydrogens is 467 g/mol. The quantitative estimate of drug-likeness (QED) is 0.337. The monoisotopic (exact) mass is 496 g/mol. The van der Waals surface area contributed by atoms with Crippen LogP contribution in [0.3, 0.4) is 0 Å². The molecule has 0 aromatic heterocycles. The summed E-state index contributed by atoms with van der Waals surface area (Å²) in [5.41, 5.74) is 0. The van der Waals surface area contributed by atoms with Gasteiger partial charge in [-0.1, -0.05) is 18.2 Å². The van der Waals surface area contributed by atoms with Gasteiger partial charge in [0.2, 0.25) is 10.0 Å². The number of para-hydroxylation sites is 1. The summed E-state index contributed by atoms with van der Waals surface area (Å²) in [6, 6.07) is 9.69. The lowest BCUT2D eigenvalue weighted by atomic mass is 10.3. The van der Waals surface area contributed by atoms with Crippen LogP contribution in [-0.2, 0) is 10.0 Å². The molecule has 0 atom stereocenters. The van der Waals surface area contributed by atoms with E-state index in [1.54, 1.807) is 0 Å². The molecule has 9 heteroatoms. The smallest absolute Gasteiger partial charge is 0.214 e. The van der Waals surface area contributed by atoms with Gasteiger partial charge in [0, 0.05) is 26.7 Å². The summed E-state index contributed by atoms with van der Waals surface area (Å²) in [5, 5.41) is 3.23. The molecule has 0 amide bonds. The van der Waals surface area contributed by atoms with Crippen LogP contribution in [0.1, 0.15) is 13.3 Å². The predicted molar refractivity (Wildman–Crippen MR) is 116 cm³/mol. The van der Waals surface area contributed by atoms with Crippen molar-refractivity contribution in [2.24, 2.45) is 4.99 Å². The van der Waals surface area contributed by atoms with E-state index in [9.17, 15) is 8.42 Å². The molecule has 1 fully saturated rings. The number of aliphatic imine (C=N–C) groups is 1. The summed E-state index contributed by atoms with van der Waals surface area (Å²) in [7, 11) is -1.11. The van der Waals surface area contributed by atoms with Gasteiger partial charge in [-0.2, -0.15) is 0 Å². The number of ether oxygens (including phenoxy) is 1. The Hall–Kier alpha value is -1.07. The van der Waals surface area contributed by atoms with Crippen LogP contribution in [0.15, 0.2) is 35.3 Å². The van der Waals surface area contributed by atoms with E-state index in [1.165, 1.54) is 4.31 Å². The van der Waals surface area contributed by atoms with Crippen LogP contribution in [-0.4, -0.2) is 75.7 Å². The molecule has 1 aromatic carbocycles. The van der Waals surface area contributed by atoms with Gasteiger partial charge in [-0.15, -0.1) is 24.0 Å². The fourth-order valence-electron chi connectivity index (χ4n) is 2.60. The second kappa shape index (κ2) is 11.6. The van der Waals surface area contributed by atoms with Crippen molar-refractivity contribution in [3.05, 3.63) is 30.3 Å². The molecule has 1 saturated heterocycles. The van der Waals surface area contributed by atoms with E-state index < -0.39 is 10.0 Å². The maximum atomic E-state index is 11.8. The lowest BCUT2D eigenvalue weighted by Gasteiger charge is -2.22. The Morgan fingerprint density at radius 2 is 2.08 bits per heavy atom. The standard InChI is InChI=1S/C17H28N4O3S.HI/c1-3-18-17(19-10-12-21-11-7-15-25(21,22)23)20(2)13-14-24-16-8-5-4-6-9-16;/h4-6,8-9H,3,7,10-15H2,1-2H3,(H,18,19);1H. The molecule has 1 aliphatic heterocycles. The van der Waals surface area contributed by atoms with Crippen molar-refractivity contribution in [1.29, 1.82) is 0 Å². The SMILES string of the molecule is CCNC(=NCCN1CCCS1(=O)=O)N(C)CCOc1ccccc1.I. The number of halogens is 1. The third-order valence-corrected chi connectivity index (χ3v) is 5.91. The topological polar surface area (TPSA) is 74.2 Å². The summed E-state index contributed by atoms with van der Waals surface area (Å²) in [4.78, 5) is 6.53. The zero-order chi connectivity index (χ0) is 18.1. The van der Waals surface area contributed by atoms with Crippen LogP contribution in [0.2, 0.25) is 0 Å². The highest BCUT2D eigenvalue weighted by Gasteiger charge is 2.27. The van der Waals surface area contributed by atoms with Gasteiger partial charge in [0.1, 0.15) is 12.4 Å². The molecule has 1 aromatic rings. The van der Waals surface area contributed by atoms with Crippen molar-refractivity contribution >= 4 is 40.0 Å². The molecule has 0 spiro atoms. The molecular formula is C17H29IN4O3S. The Morgan fingerprint density at radius 1 is 1.35 bits per heavy atom. The van der Waals surface area contributed by atoms with Gasteiger partial charge < -0.3 is 15.0 Å². The molecule has 0 bridgehead atoms. The molecule has 0 aliphatic carbocycles. The van der Waals surface area contributed by atoms with Crippen LogP contribution in [0.25, 0.3) is 0 Å². The van der Waals surface area contributed by atoms with E-state index in [4.69, 9.17) is 4.74 Å². The Morgan fingerprint density at radius 3 is 2.69 bits per heavy atom. The number of hydrogen-bond acceptors (Lipinski definition) is 4. The minimum Gasteiger partial charge on any atom is -0.492 e. The highest BCUT2D eigenvalue weighted by molar-refractivity contribution is 14.0. The number of nitrogens with one attached hydrogen (secondary N) is 1. The first-order valence-corrected chi connectivity index (χ1v) is 10.3. The maximum absolute atomic E-state index is 11.8. The van der Waals surface area contributed by atoms with Crippen molar-refractivity contribution < 1.29 is 13.2 Å². The molecule has 0 saturated carbocycles. The number of likely N-dealkylation sites (N-methyl/N-ethyl adjacent to an activating group) is 1. The Bertz CT molecular complexity index is 655. The lowest BCUT2D eigenvalue weighted by Crippen LogP contribution is -2.41. The first-order chi connectivity index (χ1) is 12.0. The number of hydrogen-bond donors (Lipinski definition) is 1. The fourth-order valence-corrected chi connectivity index (χ4v) is 4.12. The van der Waals surface area contributed by atoms with Crippen LogP contribution < -0.4 is 10.1 Å². The van der Waals surface area contributed by atoms with Crippen molar-refractivity contribution in [2.75, 3.05) is 52.1 Å². The van der Waals surface area contributed by atoms with E-state index >= 15 is 0 Å². The molecule has 1 aliphatic rings. The van der Waals surface area contributed by atoms with Gasteiger partial charge in [-0.25, -0.2) is 12.7 Å². The fraction of sp³-hybridized carbons (Fsp3) is 0.588. The van der Waals surface area contributed by atoms with Crippen LogP contribution in [0.4, 0.5) is 0 Å². The van der Waals surface area contributed by atoms with Crippen LogP contribution in [0.5, 0.6) is 5.75 Å². The summed E-state index contributed by atoms with van der Waals surface area (Å²) >= 11 is 0. The molecule has 7 nitrogen and oxygen atoms in total. The minimum atomic E-state index is -3.05. The number of benzene rings is 1. The summed E-state index contributed by atoms with van der Waals surface area (Å²) in [6.07, 6.45) is 0.711. The average molecular weight is 496 g/mol. The lowest BCUT2D eigenvalue weighted by molar-refractivity contribution is 0.281. The van der Waals surface area contributed by atoms with Crippen molar-refractivity contribution in [3.8, 4) is 5.75 Å². The maximum Gasteiger partial charge on any atom is 0.214 e. The molecule has 0 radical (unpaired) electrons. The first kappa shape index (κ1) is 23.0. The van der Waals surface area contributed by atoms with Crippen LogP contribution >= 0.6 is 24.0 Å². The predicted octanol–water partition coefficient (Wildman–Crippen LogP) is 1.62. The highest BCUT2D eigenvalue weighted by Crippen LogP contribution is 2.12. The van der Waals surface area contributed by atoms with E-state index in [0.717, 1.165) is 18.3 Å². The van der Waals surface area contributed by atoms with Crippen molar-refractivity contribution in [2.45, 2.75) is 13.3 Å². The zero-order valence-electron chi connectivity index (χ0n) is 15.4. The Balaban J connectivity index is 0.00000338.